The van der Waals surface area contributed by atoms with Gasteiger partial charge in [-0.2, -0.15) is 0 Å². The molecule has 1 aliphatic rings. The van der Waals surface area contributed by atoms with E-state index in [1.807, 2.05) is 30.3 Å². The average molecular weight is 460 g/mol. The average Bonchev–Trinajstić information content (AvgIpc) is 3.45. The quantitative estimate of drug-likeness (QED) is 0.287. The first-order chi connectivity index (χ1) is 17.3. The Labute approximate surface area is 209 Å². The minimum Gasteiger partial charge on any atom is -0.348 e. The summed E-state index contributed by atoms with van der Waals surface area (Å²) in [7, 11) is 0. The van der Waals surface area contributed by atoms with Crippen LogP contribution in [0.5, 0.6) is 0 Å². The van der Waals surface area contributed by atoms with Crippen molar-refractivity contribution in [2.45, 2.75) is 44.1 Å². The molecule has 1 N–H and O–H groups in total. The zero-order valence-electron chi connectivity index (χ0n) is 20.1. The van der Waals surface area contributed by atoms with Gasteiger partial charge < -0.3 is 5.32 Å². The first-order valence-corrected chi connectivity index (χ1v) is 12.8. The lowest BCUT2D eigenvalue weighted by atomic mass is 9.83. The second kappa shape index (κ2) is 11.2. The van der Waals surface area contributed by atoms with Crippen molar-refractivity contribution in [3.05, 3.63) is 132 Å². The smallest absolute Gasteiger partial charge is 0.228 e. The zero-order chi connectivity index (χ0) is 23.9. The summed E-state index contributed by atoms with van der Waals surface area (Å²) >= 11 is 0. The number of hydrogen-bond donors (Lipinski definition) is 1. The molecule has 1 amide bonds. The van der Waals surface area contributed by atoms with Gasteiger partial charge in [0.25, 0.3) is 0 Å². The molecule has 0 heterocycles. The van der Waals surface area contributed by atoms with Crippen LogP contribution in [0, 0.1) is 5.92 Å². The molecule has 2 nitrogen and oxygen atoms in total. The fourth-order valence-electron chi connectivity index (χ4n) is 5.49. The molecule has 4 aromatic rings. The summed E-state index contributed by atoms with van der Waals surface area (Å²) in [5, 5.41) is 3.48. The SMILES string of the molecule is O=C(N[C@@H](Cc1ccccc1)c1ccc(-c2ccccc2)cc1)[C@@H](c1ccccc1)C1CCCC1. The summed E-state index contributed by atoms with van der Waals surface area (Å²) in [4.78, 5) is 13.9. The van der Waals surface area contributed by atoms with E-state index in [0.717, 1.165) is 30.4 Å². The van der Waals surface area contributed by atoms with Crippen LogP contribution in [0.2, 0.25) is 0 Å². The van der Waals surface area contributed by atoms with Gasteiger partial charge in [-0.3, -0.25) is 4.79 Å². The maximum atomic E-state index is 13.9. The number of carbonyl (C=O) groups excluding carboxylic acids is 1. The minimum atomic E-state index is -0.0967. The van der Waals surface area contributed by atoms with Gasteiger partial charge in [-0.05, 0) is 53.0 Å². The van der Waals surface area contributed by atoms with Gasteiger partial charge in [-0.15, -0.1) is 0 Å². The molecule has 0 spiro atoms. The van der Waals surface area contributed by atoms with Gasteiger partial charge in [0.15, 0.2) is 0 Å². The number of amides is 1. The van der Waals surface area contributed by atoms with E-state index in [4.69, 9.17) is 0 Å². The normalized spacial score (nSPS) is 15.4. The summed E-state index contributed by atoms with van der Waals surface area (Å²) < 4.78 is 0. The molecular formula is C33H33NO. The van der Waals surface area contributed by atoms with Crippen molar-refractivity contribution in [1.29, 1.82) is 0 Å². The Hall–Kier alpha value is -3.65. The van der Waals surface area contributed by atoms with Crippen molar-refractivity contribution >= 4 is 5.91 Å². The van der Waals surface area contributed by atoms with Gasteiger partial charge in [0.05, 0.1) is 12.0 Å². The number of rotatable bonds is 8. The van der Waals surface area contributed by atoms with E-state index >= 15 is 0 Å². The number of nitrogens with one attached hydrogen (secondary N) is 1. The summed E-state index contributed by atoms with van der Waals surface area (Å²) in [6.45, 7) is 0. The predicted octanol–water partition coefficient (Wildman–Crippen LogP) is 7.73. The van der Waals surface area contributed by atoms with Crippen LogP contribution in [0.4, 0.5) is 0 Å². The lowest BCUT2D eigenvalue weighted by Crippen LogP contribution is -2.36. The number of carbonyl (C=O) groups is 1. The first-order valence-electron chi connectivity index (χ1n) is 12.8. The largest absolute Gasteiger partial charge is 0.348 e. The molecule has 0 aliphatic heterocycles. The maximum absolute atomic E-state index is 13.9. The third kappa shape index (κ3) is 5.71. The summed E-state index contributed by atoms with van der Waals surface area (Å²) in [5.41, 5.74) is 5.89. The molecule has 0 saturated heterocycles. The maximum Gasteiger partial charge on any atom is 0.228 e. The highest BCUT2D eigenvalue weighted by Gasteiger charge is 2.33. The molecule has 1 aliphatic carbocycles. The van der Waals surface area contributed by atoms with Gasteiger partial charge in [0.2, 0.25) is 5.91 Å². The molecule has 4 aromatic carbocycles. The number of benzene rings is 4. The molecule has 0 bridgehead atoms. The Morgan fingerprint density at radius 2 is 1.20 bits per heavy atom. The van der Waals surface area contributed by atoms with E-state index in [0.29, 0.717) is 5.92 Å². The standard InChI is InChI=1S/C33H33NO/c35-33(32(30-18-10-11-19-30)29-16-8-3-9-17-29)34-31(24-25-12-4-1-5-13-25)28-22-20-27(21-23-28)26-14-6-2-7-15-26/h1-9,12-17,20-23,30-32H,10-11,18-19,24H2,(H,34,35)/t31-,32-/m0/s1. The van der Waals surface area contributed by atoms with Crippen LogP contribution in [0.1, 0.15) is 54.3 Å². The highest BCUT2D eigenvalue weighted by Crippen LogP contribution is 2.38. The lowest BCUT2D eigenvalue weighted by molar-refractivity contribution is -0.124. The second-order valence-corrected chi connectivity index (χ2v) is 9.67. The van der Waals surface area contributed by atoms with E-state index in [1.165, 1.54) is 29.5 Å². The Morgan fingerprint density at radius 3 is 1.83 bits per heavy atom. The summed E-state index contributed by atoms with van der Waals surface area (Å²) in [6, 6.07) is 39.8. The van der Waals surface area contributed by atoms with Crippen molar-refractivity contribution in [2.75, 3.05) is 0 Å². The van der Waals surface area contributed by atoms with Crippen LogP contribution < -0.4 is 5.32 Å². The van der Waals surface area contributed by atoms with Gasteiger partial charge in [-0.25, -0.2) is 0 Å². The van der Waals surface area contributed by atoms with Gasteiger partial charge in [0.1, 0.15) is 0 Å². The van der Waals surface area contributed by atoms with Crippen LogP contribution >= 0.6 is 0 Å². The van der Waals surface area contributed by atoms with E-state index in [1.54, 1.807) is 0 Å². The van der Waals surface area contributed by atoms with Crippen molar-refractivity contribution < 1.29 is 4.79 Å². The molecule has 5 rings (SSSR count). The molecule has 0 radical (unpaired) electrons. The van der Waals surface area contributed by atoms with Crippen LogP contribution in [-0.2, 0) is 11.2 Å². The molecule has 0 unspecified atom stereocenters. The molecule has 2 atom stereocenters. The molecule has 35 heavy (non-hydrogen) atoms. The predicted molar refractivity (Wildman–Crippen MR) is 144 cm³/mol. The minimum absolute atomic E-state index is 0.0812. The van der Waals surface area contributed by atoms with Crippen molar-refractivity contribution in [1.82, 2.24) is 5.32 Å². The summed E-state index contributed by atoms with van der Waals surface area (Å²) in [5.74, 6) is 0.465. The molecule has 1 saturated carbocycles. The van der Waals surface area contributed by atoms with Crippen LogP contribution in [0.25, 0.3) is 11.1 Å². The Kier molecular flexibility index (Phi) is 7.38. The van der Waals surface area contributed by atoms with Gasteiger partial charge in [-0.1, -0.05) is 128 Å². The number of hydrogen-bond acceptors (Lipinski definition) is 1. The lowest BCUT2D eigenvalue weighted by Gasteiger charge is -2.27. The third-order valence-corrected chi connectivity index (χ3v) is 7.33. The van der Waals surface area contributed by atoms with E-state index in [2.05, 4.69) is 90.2 Å². The Bertz CT molecular complexity index is 1200. The monoisotopic (exact) mass is 459 g/mol. The van der Waals surface area contributed by atoms with Crippen LogP contribution in [-0.4, -0.2) is 5.91 Å². The molecule has 1 fully saturated rings. The van der Waals surface area contributed by atoms with Crippen molar-refractivity contribution in [3.63, 3.8) is 0 Å². The third-order valence-electron chi connectivity index (χ3n) is 7.33. The van der Waals surface area contributed by atoms with E-state index in [9.17, 15) is 4.79 Å². The Morgan fingerprint density at radius 1 is 0.657 bits per heavy atom. The zero-order valence-corrected chi connectivity index (χ0v) is 20.1. The van der Waals surface area contributed by atoms with Crippen molar-refractivity contribution in [2.24, 2.45) is 5.92 Å². The first kappa shape index (κ1) is 23.1. The fraction of sp³-hybridized carbons (Fsp3) is 0.242. The van der Waals surface area contributed by atoms with Crippen LogP contribution in [0.3, 0.4) is 0 Å². The van der Waals surface area contributed by atoms with Gasteiger partial charge >= 0.3 is 0 Å². The van der Waals surface area contributed by atoms with Crippen molar-refractivity contribution in [3.8, 4) is 11.1 Å². The van der Waals surface area contributed by atoms with E-state index in [-0.39, 0.29) is 17.9 Å². The molecule has 2 heteroatoms. The molecular weight excluding hydrogens is 426 g/mol. The summed E-state index contributed by atoms with van der Waals surface area (Å²) in [6.07, 6.45) is 5.46. The topological polar surface area (TPSA) is 29.1 Å². The molecule has 0 aromatic heterocycles. The highest BCUT2D eigenvalue weighted by molar-refractivity contribution is 5.84. The molecule has 176 valence electrons. The highest BCUT2D eigenvalue weighted by atomic mass is 16.2. The van der Waals surface area contributed by atoms with Crippen LogP contribution in [0.15, 0.2) is 115 Å². The fourth-order valence-corrected chi connectivity index (χ4v) is 5.49. The van der Waals surface area contributed by atoms with Gasteiger partial charge in [0, 0.05) is 0 Å². The Balaban J connectivity index is 1.43. The second-order valence-electron chi connectivity index (χ2n) is 9.67. The van der Waals surface area contributed by atoms with E-state index < -0.39 is 0 Å².